The minimum atomic E-state index is -1.10. The van der Waals surface area contributed by atoms with Gasteiger partial charge in [0.15, 0.2) is 12.4 Å². The van der Waals surface area contributed by atoms with E-state index in [9.17, 15) is 9.90 Å². The van der Waals surface area contributed by atoms with Crippen LogP contribution in [0.1, 0.15) is 173 Å². The van der Waals surface area contributed by atoms with Gasteiger partial charge in [0.1, 0.15) is 0 Å². The van der Waals surface area contributed by atoms with Crippen LogP contribution < -0.4 is 0 Å². The van der Waals surface area contributed by atoms with Crippen LogP contribution in [0.25, 0.3) is 0 Å². The van der Waals surface area contributed by atoms with Crippen LogP contribution >= 0.6 is 0 Å². The molecule has 3 aromatic carbocycles. The van der Waals surface area contributed by atoms with E-state index < -0.39 is 12.4 Å². The first-order valence-electron chi connectivity index (χ1n) is 19.3. The molecule has 3 aromatic rings. The van der Waals surface area contributed by atoms with E-state index in [1.807, 2.05) is 54.6 Å². The van der Waals surface area contributed by atoms with E-state index in [1.165, 1.54) is 114 Å². The summed E-state index contributed by atoms with van der Waals surface area (Å²) in [6.45, 7) is 4.61. The molecule has 4 nitrogen and oxygen atoms in total. The summed E-state index contributed by atoms with van der Waals surface area (Å²) in [6.07, 6.45) is 19.3. The zero-order valence-corrected chi connectivity index (χ0v) is 29.7. The number of rotatable bonds is 17. The lowest BCUT2D eigenvalue weighted by Gasteiger charge is -2.29. The Kier molecular flexibility index (Phi) is 14.6. The fourth-order valence-corrected chi connectivity index (χ4v) is 8.10. The lowest BCUT2D eigenvalue weighted by atomic mass is 9.77. The Morgan fingerprint density at radius 1 is 0.646 bits per heavy atom. The van der Waals surface area contributed by atoms with E-state index in [2.05, 4.69) is 38.1 Å². The smallest absolute Gasteiger partial charge is 0.338 e. The van der Waals surface area contributed by atoms with Crippen molar-refractivity contribution >= 4 is 5.97 Å². The molecule has 0 aliphatic heterocycles. The molecule has 260 valence electrons. The molecule has 0 radical (unpaired) electrons. The average Bonchev–Trinajstić information content (AvgIpc) is 3.14. The molecule has 0 heterocycles. The van der Waals surface area contributed by atoms with Crippen molar-refractivity contribution in [2.45, 2.75) is 141 Å². The summed E-state index contributed by atoms with van der Waals surface area (Å²) < 4.78 is 12.0. The van der Waals surface area contributed by atoms with Crippen molar-refractivity contribution in [3.8, 4) is 0 Å². The quantitative estimate of drug-likeness (QED) is 0.0895. The van der Waals surface area contributed by atoms with Crippen LogP contribution in [0.2, 0.25) is 0 Å². The first-order chi connectivity index (χ1) is 23.5. The van der Waals surface area contributed by atoms with Gasteiger partial charge >= 0.3 is 5.97 Å². The highest BCUT2D eigenvalue weighted by molar-refractivity contribution is 5.89. The van der Waals surface area contributed by atoms with Crippen LogP contribution in [0.5, 0.6) is 0 Å². The summed E-state index contributed by atoms with van der Waals surface area (Å²) in [7, 11) is 0. The van der Waals surface area contributed by atoms with Gasteiger partial charge in [0.25, 0.3) is 0 Å². The maximum atomic E-state index is 13.3. The molecule has 2 aliphatic carbocycles. The highest BCUT2D eigenvalue weighted by Gasteiger charge is 2.25. The number of carbonyl (C=O) groups excluding carboxylic acids is 1. The van der Waals surface area contributed by atoms with E-state index in [0.717, 1.165) is 23.0 Å². The Morgan fingerprint density at radius 2 is 1.15 bits per heavy atom. The molecule has 0 amide bonds. The lowest BCUT2D eigenvalue weighted by molar-refractivity contribution is -0.127. The average molecular weight is 653 g/mol. The van der Waals surface area contributed by atoms with E-state index in [1.54, 1.807) is 0 Å². The molecule has 0 spiro atoms. The van der Waals surface area contributed by atoms with Crippen molar-refractivity contribution in [1.82, 2.24) is 0 Å². The number of aliphatic hydroxyl groups excluding tert-OH is 1. The van der Waals surface area contributed by atoms with Crippen molar-refractivity contribution in [2.75, 3.05) is 6.61 Å². The molecule has 2 fully saturated rings. The monoisotopic (exact) mass is 652 g/mol. The van der Waals surface area contributed by atoms with Crippen molar-refractivity contribution in [1.29, 1.82) is 0 Å². The third-order valence-electron chi connectivity index (χ3n) is 11.3. The van der Waals surface area contributed by atoms with Crippen LogP contribution in [0.15, 0.2) is 78.9 Å². The Morgan fingerprint density at radius 3 is 1.65 bits per heavy atom. The summed E-state index contributed by atoms with van der Waals surface area (Å²) in [6, 6.07) is 26.0. The number of hydrogen-bond donors (Lipinski definition) is 1. The van der Waals surface area contributed by atoms with Crippen molar-refractivity contribution in [3.05, 3.63) is 107 Å². The Bertz CT molecular complexity index is 1320. The van der Waals surface area contributed by atoms with Crippen LogP contribution in [-0.4, -0.2) is 17.7 Å². The van der Waals surface area contributed by atoms with Gasteiger partial charge in [-0.1, -0.05) is 132 Å². The maximum absolute atomic E-state index is 13.3. The molecule has 2 saturated carbocycles. The van der Waals surface area contributed by atoms with Gasteiger partial charge in [-0.25, -0.2) is 4.79 Å². The molecule has 2 unspecified atom stereocenters. The number of esters is 1. The van der Waals surface area contributed by atoms with Crippen LogP contribution in [0, 0.1) is 11.8 Å². The zero-order chi connectivity index (χ0) is 33.6. The highest BCUT2D eigenvalue weighted by atomic mass is 16.6. The molecular weight excluding hydrogens is 592 g/mol. The standard InChI is InChI=1S/C44H60O4/c1-3-5-8-12-33-16-20-35(21-17-33)37-24-28-40(29-25-37)43(45)47-32-42(39-14-10-7-11-15-39)48-44(46)41-30-26-38(27-31-41)36-22-18-34(19-23-36)13-9-6-4-2/h7,10-11,14-15,24-31,33-36,42-43,45H,3-6,8-9,12-13,16-23,32H2,1-2H3. The zero-order valence-electron chi connectivity index (χ0n) is 29.7. The second kappa shape index (κ2) is 19.3. The largest absolute Gasteiger partial charge is 0.451 e. The summed E-state index contributed by atoms with van der Waals surface area (Å²) in [5.74, 6) is 2.58. The van der Waals surface area contributed by atoms with E-state index in [-0.39, 0.29) is 12.6 Å². The van der Waals surface area contributed by atoms with Crippen molar-refractivity contribution < 1.29 is 19.4 Å². The van der Waals surface area contributed by atoms with Gasteiger partial charge in [-0.3, -0.25) is 0 Å². The van der Waals surface area contributed by atoms with Gasteiger partial charge in [0.05, 0.1) is 12.2 Å². The number of aliphatic hydroxyl groups is 1. The Labute approximate surface area is 290 Å². The fraction of sp³-hybridized carbons (Fsp3) is 0.568. The van der Waals surface area contributed by atoms with Crippen LogP contribution in [-0.2, 0) is 9.47 Å². The molecule has 0 aromatic heterocycles. The van der Waals surface area contributed by atoms with Crippen molar-refractivity contribution in [2.24, 2.45) is 11.8 Å². The number of unbranched alkanes of at least 4 members (excludes halogenated alkanes) is 4. The van der Waals surface area contributed by atoms with Crippen LogP contribution in [0.3, 0.4) is 0 Å². The number of hydrogen-bond acceptors (Lipinski definition) is 4. The van der Waals surface area contributed by atoms with Gasteiger partial charge in [0.2, 0.25) is 0 Å². The molecule has 4 heteroatoms. The molecule has 48 heavy (non-hydrogen) atoms. The lowest BCUT2D eigenvalue weighted by Crippen LogP contribution is -2.19. The van der Waals surface area contributed by atoms with Crippen molar-refractivity contribution in [3.63, 3.8) is 0 Å². The molecule has 2 aliphatic rings. The topological polar surface area (TPSA) is 55.8 Å². The first-order valence-corrected chi connectivity index (χ1v) is 19.3. The van der Waals surface area contributed by atoms with Gasteiger partial charge in [0, 0.05) is 5.56 Å². The number of ether oxygens (including phenoxy) is 2. The summed E-state index contributed by atoms with van der Waals surface area (Å²) >= 11 is 0. The normalized spacial score (nSPS) is 22.6. The summed E-state index contributed by atoms with van der Waals surface area (Å²) in [4.78, 5) is 13.3. The Hall–Kier alpha value is -2.95. The molecule has 1 N–H and O–H groups in total. The van der Waals surface area contributed by atoms with Gasteiger partial charge in [-0.2, -0.15) is 0 Å². The maximum Gasteiger partial charge on any atom is 0.338 e. The summed E-state index contributed by atoms with van der Waals surface area (Å²) in [5.41, 5.74) is 4.78. The number of benzene rings is 3. The molecule has 5 rings (SSSR count). The third-order valence-corrected chi connectivity index (χ3v) is 11.3. The molecule has 0 saturated heterocycles. The van der Waals surface area contributed by atoms with Crippen LogP contribution in [0.4, 0.5) is 0 Å². The predicted octanol–water partition coefficient (Wildman–Crippen LogP) is 12.0. The second-order valence-electron chi connectivity index (χ2n) is 14.7. The number of carbonyl (C=O) groups is 1. The highest BCUT2D eigenvalue weighted by Crippen LogP contribution is 2.39. The van der Waals surface area contributed by atoms with E-state index in [0.29, 0.717) is 17.4 Å². The second-order valence-corrected chi connectivity index (χ2v) is 14.7. The van der Waals surface area contributed by atoms with E-state index >= 15 is 0 Å². The minimum Gasteiger partial charge on any atom is -0.451 e. The van der Waals surface area contributed by atoms with Gasteiger partial charge in [-0.05, 0) is 104 Å². The molecule has 2 atom stereocenters. The van der Waals surface area contributed by atoms with Gasteiger partial charge < -0.3 is 14.6 Å². The SMILES string of the molecule is CCCCCC1CCC(c2ccc(C(=O)OC(COC(O)c3ccc(C4CCC(CCCCC)CC4)cc3)c3ccccc3)cc2)CC1. The predicted molar refractivity (Wildman–Crippen MR) is 196 cm³/mol. The molecular formula is C44H60O4. The summed E-state index contributed by atoms with van der Waals surface area (Å²) in [5, 5.41) is 11.0. The fourth-order valence-electron chi connectivity index (χ4n) is 8.10. The van der Waals surface area contributed by atoms with E-state index in [4.69, 9.17) is 9.47 Å². The van der Waals surface area contributed by atoms with Gasteiger partial charge in [-0.15, -0.1) is 0 Å². The Balaban J connectivity index is 1.12. The first kappa shape index (κ1) is 36.3. The minimum absolute atomic E-state index is 0.0558. The third kappa shape index (κ3) is 10.8. The molecule has 0 bridgehead atoms.